The van der Waals surface area contributed by atoms with Gasteiger partial charge in [0.25, 0.3) is 0 Å². The summed E-state index contributed by atoms with van der Waals surface area (Å²) in [6, 6.07) is 3.94. The number of hydrogen-bond acceptors (Lipinski definition) is 5. The minimum absolute atomic E-state index is 0.168. The van der Waals surface area contributed by atoms with Crippen molar-refractivity contribution in [3.63, 3.8) is 0 Å². The van der Waals surface area contributed by atoms with Gasteiger partial charge in [0.2, 0.25) is 0 Å². The minimum Gasteiger partial charge on any atom is -0.487 e. The number of hydrogen-bond donors (Lipinski definition) is 0. The molecule has 6 heteroatoms. The SMILES string of the molecule is Cc1cc(N2CCC(Oc3cncc(Br)c3)C2)ncn1. The summed E-state index contributed by atoms with van der Waals surface area (Å²) in [6.45, 7) is 3.76. The van der Waals surface area contributed by atoms with Crippen LogP contribution in [0, 0.1) is 6.92 Å². The highest BCUT2D eigenvalue weighted by Gasteiger charge is 2.25. The highest BCUT2D eigenvalue weighted by Crippen LogP contribution is 2.23. The van der Waals surface area contributed by atoms with Crippen molar-refractivity contribution >= 4 is 21.7 Å². The third-order valence-corrected chi connectivity index (χ3v) is 3.67. The summed E-state index contributed by atoms with van der Waals surface area (Å²) in [5.74, 6) is 1.76. The Labute approximate surface area is 126 Å². The Morgan fingerprint density at radius 1 is 1.30 bits per heavy atom. The summed E-state index contributed by atoms with van der Waals surface area (Å²) in [5, 5.41) is 0. The normalized spacial score (nSPS) is 18.3. The predicted octanol–water partition coefficient (Wildman–Crippen LogP) is 2.60. The van der Waals surface area contributed by atoms with Gasteiger partial charge in [-0.15, -0.1) is 0 Å². The zero-order valence-corrected chi connectivity index (χ0v) is 12.7. The molecule has 20 heavy (non-hydrogen) atoms. The highest BCUT2D eigenvalue weighted by molar-refractivity contribution is 9.10. The van der Waals surface area contributed by atoms with Crippen LogP contribution < -0.4 is 9.64 Å². The van der Waals surface area contributed by atoms with Crippen LogP contribution >= 0.6 is 15.9 Å². The molecule has 0 radical (unpaired) electrons. The maximum Gasteiger partial charge on any atom is 0.139 e. The van der Waals surface area contributed by atoms with Crippen LogP contribution in [0.15, 0.2) is 35.3 Å². The summed E-state index contributed by atoms with van der Waals surface area (Å²) < 4.78 is 6.89. The molecule has 104 valence electrons. The molecule has 1 unspecified atom stereocenters. The van der Waals surface area contributed by atoms with Crippen LogP contribution in [-0.2, 0) is 0 Å². The second-order valence-corrected chi connectivity index (χ2v) is 5.75. The predicted molar refractivity (Wildman–Crippen MR) is 80.0 cm³/mol. The van der Waals surface area contributed by atoms with Crippen molar-refractivity contribution < 1.29 is 4.74 Å². The van der Waals surface area contributed by atoms with Gasteiger partial charge in [0, 0.05) is 35.4 Å². The first-order valence-electron chi connectivity index (χ1n) is 6.51. The van der Waals surface area contributed by atoms with Crippen LogP contribution in [0.5, 0.6) is 5.75 Å². The van der Waals surface area contributed by atoms with Crippen LogP contribution in [0.3, 0.4) is 0 Å². The van der Waals surface area contributed by atoms with Crippen LogP contribution in [0.25, 0.3) is 0 Å². The van der Waals surface area contributed by atoms with E-state index < -0.39 is 0 Å². The molecule has 1 aliphatic rings. The summed E-state index contributed by atoms with van der Waals surface area (Å²) >= 11 is 3.40. The summed E-state index contributed by atoms with van der Waals surface area (Å²) in [7, 11) is 0. The van der Waals surface area contributed by atoms with Gasteiger partial charge in [-0.25, -0.2) is 9.97 Å². The Kier molecular flexibility index (Phi) is 3.82. The Morgan fingerprint density at radius 2 is 2.20 bits per heavy atom. The van der Waals surface area contributed by atoms with E-state index >= 15 is 0 Å². The number of ether oxygens (including phenoxy) is 1. The molecule has 0 saturated carbocycles. The van der Waals surface area contributed by atoms with E-state index in [9.17, 15) is 0 Å². The van der Waals surface area contributed by atoms with Crippen molar-refractivity contribution in [3.05, 3.63) is 41.0 Å². The molecule has 0 bridgehead atoms. The van der Waals surface area contributed by atoms with Gasteiger partial charge in [0.15, 0.2) is 0 Å². The lowest BCUT2D eigenvalue weighted by Crippen LogP contribution is -2.25. The molecule has 3 heterocycles. The standard InChI is InChI=1S/C14H15BrN4O/c1-10-4-14(18-9-17-10)19-3-2-12(8-19)20-13-5-11(15)6-16-7-13/h4-7,9,12H,2-3,8H2,1H3. The summed E-state index contributed by atoms with van der Waals surface area (Å²) in [4.78, 5) is 14.8. The minimum atomic E-state index is 0.168. The van der Waals surface area contributed by atoms with Gasteiger partial charge in [0.1, 0.15) is 24.0 Å². The van der Waals surface area contributed by atoms with Gasteiger partial charge >= 0.3 is 0 Å². The van der Waals surface area contributed by atoms with Crippen molar-refractivity contribution in [2.24, 2.45) is 0 Å². The number of pyridine rings is 1. The molecule has 1 saturated heterocycles. The van der Waals surface area contributed by atoms with Crippen LogP contribution in [-0.4, -0.2) is 34.1 Å². The zero-order valence-electron chi connectivity index (χ0n) is 11.2. The average molecular weight is 335 g/mol. The van der Waals surface area contributed by atoms with Crippen molar-refractivity contribution in [1.29, 1.82) is 0 Å². The lowest BCUT2D eigenvalue weighted by molar-refractivity contribution is 0.224. The van der Waals surface area contributed by atoms with Gasteiger partial charge in [-0.05, 0) is 28.9 Å². The topological polar surface area (TPSA) is 51.1 Å². The van der Waals surface area contributed by atoms with E-state index in [-0.39, 0.29) is 6.10 Å². The second kappa shape index (κ2) is 5.75. The Hall–Kier alpha value is -1.69. The Balaban J connectivity index is 1.65. The van der Waals surface area contributed by atoms with E-state index in [4.69, 9.17) is 4.74 Å². The maximum absolute atomic E-state index is 5.96. The van der Waals surface area contributed by atoms with Crippen molar-refractivity contribution in [3.8, 4) is 5.75 Å². The number of halogens is 1. The first-order chi connectivity index (χ1) is 9.70. The fourth-order valence-corrected chi connectivity index (χ4v) is 2.64. The molecule has 1 fully saturated rings. The third kappa shape index (κ3) is 3.07. The lowest BCUT2D eigenvalue weighted by Gasteiger charge is -2.18. The van der Waals surface area contributed by atoms with E-state index in [0.717, 1.165) is 41.2 Å². The van der Waals surface area contributed by atoms with Crippen molar-refractivity contribution in [2.45, 2.75) is 19.4 Å². The summed E-state index contributed by atoms with van der Waals surface area (Å²) in [5.41, 5.74) is 0.982. The molecule has 1 atom stereocenters. The quantitative estimate of drug-likeness (QED) is 0.863. The fraction of sp³-hybridized carbons (Fsp3) is 0.357. The van der Waals surface area contributed by atoms with Gasteiger partial charge in [0.05, 0.1) is 12.7 Å². The molecular formula is C14H15BrN4O. The molecule has 3 rings (SSSR count). The number of rotatable bonds is 3. The molecule has 2 aromatic rings. The first-order valence-corrected chi connectivity index (χ1v) is 7.31. The maximum atomic E-state index is 5.96. The second-order valence-electron chi connectivity index (χ2n) is 4.83. The third-order valence-electron chi connectivity index (χ3n) is 3.24. The van der Waals surface area contributed by atoms with Gasteiger partial charge < -0.3 is 9.64 Å². The number of anilines is 1. The molecule has 5 nitrogen and oxygen atoms in total. The zero-order chi connectivity index (χ0) is 13.9. The molecule has 0 amide bonds. The fourth-order valence-electron chi connectivity index (χ4n) is 2.30. The summed E-state index contributed by atoms with van der Waals surface area (Å²) in [6.07, 6.45) is 6.24. The van der Waals surface area contributed by atoms with Crippen molar-refractivity contribution in [2.75, 3.05) is 18.0 Å². The monoisotopic (exact) mass is 334 g/mol. The van der Waals surface area contributed by atoms with Gasteiger partial charge in [-0.3, -0.25) is 4.98 Å². The molecular weight excluding hydrogens is 320 g/mol. The molecule has 2 aromatic heterocycles. The number of aromatic nitrogens is 3. The molecule has 0 aliphatic carbocycles. The molecule has 0 N–H and O–H groups in total. The molecule has 1 aliphatic heterocycles. The van der Waals surface area contributed by atoms with E-state index in [1.807, 2.05) is 19.1 Å². The Morgan fingerprint density at radius 3 is 3.00 bits per heavy atom. The molecule has 0 aromatic carbocycles. The number of aryl methyl sites for hydroxylation is 1. The molecule has 0 spiro atoms. The Bertz CT molecular complexity index is 607. The van der Waals surface area contributed by atoms with Crippen LogP contribution in [0.4, 0.5) is 5.82 Å². The van der Waals surface area contributed by atoms with E-state index in [0.29, 0.717) is 0 Å². The average Bonchev–Trinajstić information content (AvgIpc) is 2.87. The van der Waals surface area contributed by atoms with Crippen molar-refractivity contribution in [1.82, 2.24) is 15.0 Å². The van der Waals surface area contributed by atoms with Crippen LogP contribution in [0.1, 0.15) is 12.1 Å². The van der Waals surface area contributed by atoms with E-state index in [2.05, 4.69) is 35.8 Å². The van der Waals surface area contributed by atoms with E-state index in [1.54, 1.807) is 18.7 Å². The smallest absolute Gasteiger partial charge is 0.139 e. The van der Waals surface area contributed by atoms with Gasteiger partial charge in [-0.1, -0.05) is 0 Å². The van der Waals surface area contributed by atoms with Gasteiger partial charge in [-0.2, -0.15) is 0 Å². The van der Waals surface area contributed by atoms with Crippen LogP contribution in [0.2, 0.25) is 0 Å². The first kappa shape index (κ1) is 13.3. The highest BCUT2D eigenvalue weighted by atomic mass is 79.9. The number of nitrogens with zero attached hydrogens (tertiary/aromatic N) is 4. The lowest BCUT2D eigenvalue weighted by atomic mass is 10.3. The largest absolute Gasteiger partial charge is 0.487 e. The van der Waals surface area contributed by atoms with E-state index in [1.165, 1.54) is 0 Å².